The Bertz CT molecular complexity index is 634. The van der Waals surface area contributed by atoms with Crippen molar-refractivity contribution in [2.24, 2.45) is 11.7 Å². The van der Waals surface area contributed by atoms with Crippen LogP contribution in [0.4, 0.5) is 0 Å². The van der Waals surface area contributed by atoms with Crippen LogP contribution in [0, 0.1) is 5.92 Å². The van der Waals surface area contributed by atoms with Gasteiger partial charge in [-0.25, -0.2) is 0 Å². The molecular weight excluding hydrogens is 286 g/mol. The van der Waals surface area contributed by atoms with E-state index in [1.807, 2.05) is 18.2 Å². The van der Waals surface area contributed by atoms with E-state index in [9.17, 15) is 4.79 Å². The van der Waals surface area contributed by atoms with Crippen LogP contribution in [0.3, 0.4) is 0 Å². The van der Waals surface area contributed by atoms with Gasteiger partial charge in [0.25, 0.3) is 0 Å². The van der Waals surface area contributed by atoms with Crippen LogP contribution in [0.5, 0.6) is 0 Å². The van der Waals surface area contributed by atoms with E-state index in [1.165, 1.54) is 10.9 Å². The van der Waals surface area contributed by atoms with Crippen molar-refractivity contribution in [3.8, 4) is 0 Å². The summed E-state index contributed by atoms with van der Waals surface area (Å²) in [6.45, 7) is 6.73. The highest BCUT2D eigenvalue weighted by atomic mass is 35.5. The van der Waals surface area contributed by atoms with E-state index >= 15 is 0 Å². The molecule has 1 aromatic carbocycles. The number of rotatable bonds is 7. The first-order chi connectivity index (χ1) is 9.97. The number of carbonyl (C=O) groups is 1. The first kappa shape index (κ1) is 15.9. The smallest absolute Gasteiger partial charge is 0.219 e. The third-order valence-corrected chi connectivity index (χ3v) is 3.63. The molecule has 5 heteroatoms. The number of fused-ring (bicyclic) bond motifs is 1. The minimum atomic E-state index is -0.293. The van der Waals surface area contributed by atoms with E-state index in [4.69, 9.17) is 17.3 Å². The molecule has 3 N–H and O–H groups in total. The summed E-state index contributed by atoms with van der Waals surface area (Å²) in [6, 6.07) is 5.86. The third-order valence-electron chi connectivity index (χ3n) is 3.39. The molecule has 0 bridgehead atoms. The number of amides is 1. The Morgan fingerprint density at radius 3 is 2.86 bits per heavy atom. The molecule has 0 saturated carbocycles. The van der Waals surface area contributed by atoms with Crippen LogP contribution in [0.2, 0.25) is 5.02 Å². The Morgan fingerprint density at radius 1 is 1.43 bits per heavy atom. The van der Waals surface area contributed by atoms with E-state index in [1.54, 1.807) is 0 Å². The second-order valence-corrected chi connectivity index (χ2v) is 6.19. The Morgan fingerprint density at radius 2 is 2.19 bits per heavy atom. The van der Waals surface area contributed by atoms with Crippen LogP contribution in [0.25, 0.3) is 10.9 Å². The average Bonchev–Trinajstić information content (AvgIpc) is 2.73. The summed E-state index contributed by atoms with van der Waals surface area (Å²) in [5.41, 5.74) is 7.50. The van der Waals surface area contributed by atoms with Gasteiger partial charge in [-0.05, 0) is 30.2 Å². The molecule has 0 saturated heterocycles. The zero-order valence-electron chi connectivity index (χ0n) is 12.5. The first-order valence-corrected chi connectivity index (χ1v) is 7.61. The lowest BCUT2D eigenvalue weighted by molar-refractivity contribution is -0.118. The normalized spacial score (nSPS) is 11.4. The second-order valence-electron chi connectivity index (χ2n) is 5.75. The minimum absolute atomic E-state index is 0.293. The number of hydrogen-bond donors (Lipinski definition) is 2. The number of halogens is 1. The molecule has 2 aromatic rings. The molecule has 0 spiro atoms. The van der Waals surface area contributed by atoms with Crippen molar-refractivity contribution >= 4 is 28.4 Å². The largest absolute Gasteiger partial charge is 0.370 e. The predicted octanol–water partition coefficient (Wildman–Crippen LogP) is 2.92. The molecule has 1 aromatic heterocycles. The predicted molar refractivity (Wildman–Crippen MR) is 87.3 cm³/mol. The fourth-order valence-electron chi connectivity index (χ4n) is 2.39. The highest BCUT2D eigenvalue weighted by molar-refractivity contribution is 6.31. The number of nitrogens with zero attached hydrogens (tertiary/aromatic N) is 1. The van der Waals surface area contributed by atoms with Gasteiger partial charge in [0, 0.05) is 41.6 Å². The lowest BCUT2D eigenvalue weighted by Crippen LogP contribution is -2.18. The molecule has 0 atom stereocenters. The number of hydrogen-bond acceptors (Lipinski definition) is 2. The summed E-state index contributed by atoms with van der Waals surface area (Å²) in [6.07, 6.45) is 2.41. The van der Waals surface area contributed by atoms with Gasteiger partial charge in [-0.2, -0.15) is 0 Å². The topological polar surface area (TPSA) is 60.1 Å². The van der Waals surface area contributed by atoms with Gasteiger partial charge >= 0.3 is 0 Å². The van der Waals surface area contributed by atoms with Gasteiger partial charge in [-0.1, -0.05) is 31.5 Å². The minimum Gasteiger partial charge on any atom is -0.370 e. The van der Waals surface area contributed by atoms with E-state index in [0.29, 0.717) is 23.9 Å². The van der Waals surface area contributed by atoms with Gasteiger partial charge < -0.3 is 15.6 Å². The maximum atomic E-state index is 11.0. The number of aryl methyl sites for hydroxylation is 1. The summed E-state index contributed by atoms with van der Waals surface area (Å²) < 4.78 is 2.05. The van der Waals surface area contributed by atoms with Crippen molar-refractivity contribution in [3.63, 3.8) is 0 Å². The molecule has 0 radical (unpaired) electrons. The summed E-state index contributed by atoms with van der Waals surface area (Å²) in [5, 5.41) is 5.31. The van der Waals surface area contributed by atoms with Crippen LogP contribution in [0.15, 0.2) is 24.4 Å². The molecule has 21 heavy (non-hydrogen) atoms. The average molecular weight is 308 g/mol. The lowest BCUT2D eigenvalue weighted by Gasteiger charge is -2.06. The Labute approximate surface area is 130 Å². The van der Waals surface area contributed by atoms with Crippen molar-refractivity contribution < 1.29 is 4.79 Å². The van der Waals surface area contributed by atoms with Crippen LogP contribution >= 0.6 is 11.6 Å². The van der Waals surface area contributed by atoms with E-state index < -0.39 is 0 Å². The van der Waals surface area contributed by atoms with Crippen molar-refractivity contribution in [3.05, 3.63) is 35.0 Å². The maximum Gasteiger partial charge on any atom is 0.219 e. The highest BCUT2D eigenvalue weighted by Crippen LogP contribution is 2.25. The number of aromatic nitrogens is 1. The molecule has 0 unspecified atom stereocenters. The molecule has 1 heterocycles. The second kappa shape index (κ2) is 6.96. The van der Waals surface area contributed by atoms with Crippen molar-refractivity contribution in [2.45, 2.75) is 33.4 Å². The number of carbonyl (C=O) groups excluding carboxylic acids is 1. The van der Waals surface area contributed by atoms with Gasteiger partial charge in [0.15, 0.2) is 0 Å². The molecular formula is C16H22ClN3O. The van der Waals surface area contributed by atoms with Gasteiger partial charge in [-0.3, -0.25) is 4.79 Å². The Kier molecular flexibility index (Phi) is 5.26. The fraction of sp³-hybridized carbons (Fsp3) is 0.438. The SMILES string of the molecule is CC(C)CNCc1cn(CCC(N)=O)c2cc(Cl)ccc12. The van der Waals surface area contributed by atoms with Crippen molar-refractivity contribution in [1.82, 2.24) is 9.88 Å². The number of primary amides is 1. The van der Waals surface area contributed by atoms with Crippen LogP contribution in [-0.2, 0) is 17.9 Å². The van der Waals surface area contributed by atoms with Gasteiger partial charge in [-0.15, -0.1) is 0 Å². The number of nitrogens with one attached hydrogen (secondary N) is 1. The first-order valence-electron chi connectivity index (χ1n) is 7.23. The van der Waals surface area contributed by atoms with Gasteiger partial charge in [0.05, 0.1) is 0 Å². The molecule has 4 nitrogen and oxygen atoms in total. The summed E-state index contributed by atoms with van der Waals surface area (Å²) in [4.78, 5) is 11.0. The van der Waals surface area contributed by atoms with E-state index in [0.717, 1.165) is 18.6 Å². The monoisotopic (exact) mass is 307 g/mol. The van der Waals surface area contributed by atoms with Crippen LogP contribution in [0.1, 0.15) is 25.8 Å². The standard InChI is InChI=1S/C16H22ClN3O/c1-11(2)8-19-9-12-10-20(6-5-16(18)21)15-7-13(17)3-4-14(12)15/h3-4,7,10-11,19H,5-6,8-9H2,1-2H3,(H2,18,21). The molecule has 2 rings (SSSR count). The molecule has 0 aliphatic rings. The Balaban J connectivity index is 2.26. The Hall–Kier alpha value is -1.52. The zero-order valence-corrected chi connectivity index (χ0v) is 13.3. The molecule has 0 aliphatic carbocycles. The van der Waals surface area contributed by atoms with Crippen LogP contribution < -0.4 is 11.1 Å². The number of nitrogens with two attached hydrogens (primary N) is 1. The van der Waals surface area contributed by atoms with Crippen molar-refractivity contribution in [2.75, 3.05) is 6.54 Å². The molecule has 1 amide bonds. The molecule has 0 aliphatic heterocycles. The van der Waals surface area contributed by atoms with Gasteiger partial charge in [0.2, 0.25) is 5.91 Å². The fourth-order valence-corrected chi connectivity index (χ4v) is 2.56. The lowest BCUT2D eigenvalue weighted by atomic mass is 10.1. The summed E-state index contributed by atoms with van der Waals surface area (Å²) in [7, 11) is 0. The maximum absolute atomic E-state index is 11.0. The molecule has 114 valence electrons. The number of benzene rings is 1. The van der Waals surface area contributed by atoms with E-state index in [-0.39, 0.29) is 5.91 Å². The third kappa shape index (κ3) is 4.22. The van der Waals surface area contributed by atoms with E-state index in [2.05, 4.69) is 29.9 Å². The quantitative estimate of drug-likeness (QED) is 0.826. The van der Waals surface area contributed by atoms with Crippen LogP contribution in [-0.4, -0.2) is 17.0 Å². The molecule has 0 fully saturated rings. The summed E-state index contributed by atoms with van der Waals surface area (Å²) in [5.74, 6) is 0.320. The van der Waals surface area contributed by atoms with Crippen molar-refractivity contribution in [1.29, 1.82) is 0 Å². The highest BCUT2D eigenvalue weighted by Gasteiger charge is 2.10. The van der Waals surface area contributed by atoms with Gasteiger partial charge in [0.1, 0.15) is 0 Å². The zero-order chi connectivity index (χ0) is 15.4. The summed E-state index contributed by atoms with van der Waals surface area (Å²) >= 11 is 6.09.